The molecule has 4 aromatic heterocycles. The number of nitrogens with zero attached hydrogens (tertiary/aromatic N) is 6. The topological polar surface area (TPSA) is 90.0 Å². The average molecular weight is 375 g/mol. The number of aryl methyl sites for hydroxylation is 1. The fourth-order valence-electron chi connectivity index (χ4n) is 2.89. The molecule has 1 N–H and O–H groups in total. The van der Waals surface area contributed by atoms with Crippen molar-refractivity contribution >= 4 is 11.4 Å². The van der Waals surface area contributed by atoms with Gasteiger partial charge in [-0.3, -0.25) is 19.2 Å². The molecule has 8 heteroatoms. The zero-order valence-electron chi connectivity index (χ0n) is 16.0. The lowest BCUT2D eigenvalue weighted by Crippen LogP contribution is -2.24. The van der Waals surface area contributed by atoms with Crippen molar-refractivity contribution < 1.29 is 4.79 Å². The molecule has 0 spiro atoms. The average Bonchev–Trinajstić information content (AvgIpc) is 3.32. The highest BCUT2D eigenvalue weighted by atomic mass is 16.1. The van der Waals surface area contributed by atoms with Gasteiger partial charge in [-0.2, -0.15) is 0 Å². The summed E-state index contributed by atoms with van der Waals surface area (Å²) in [6, 6.07) is 5.96. The third kappa shape index (κ3) is 3.36. The summed E-state index contributed by atoms with van der Waals surface area (Å²) in [4.78, 5) is 30.3. The van der Waals surface area contributed by atoms with E-state index in [0.29, 0.717) is 23.3 Å². The second-order valence-corrected chi connectivity index (χ2v) is 6.87. The van der Waals surface area contributed by atoms with Gasteiger partial charge in [-0.05, 0) is 32.9 Å². The third-order valence-electron chi connectivity index (χ3n) is 4.45. The van der Waals surface area contributed by atoms with Crippen LogP contribution in [0.3, 0.4) is 0 Å². The molecule has 8 nitrogen and oxygen atoms in total. The number of imidazole rings is 2. The van der Waals surface area contributed by atoms with Gasteiger partial charge in [0.15, 0.2) is 11.5 Å². The summed E-state index contributed by atoms with van der Waals surface area (Å²) in [6.07, 6.45) is 8.94. The Labute approximate surface area is 162 Å². The Morgan fingerprint density at radius 1 is 1.18 bits per heavy atom. The Morgan fingerprint density at radius 2 is 2.04 bits per heavy atom. The van der Waals surface area contributed by atoms with Gasteiger partial charge in [0.25, 0.3) is 5.91 Å². The fourth-order valence-corrected chi connectivity index (χ4v) is 2.89. The summed E-state index contributed by atoms with van der Waals surface area (Å²) in [5, 5.41) is 2.87. The maximum atomic E-state index is 12.8. The molecule has 4 rings (SSSR count). The molecule has 0 aromatic carbocycles. The molecule has 0 aliphatic rings. The molecule has 28 heavy (non-hydrogen) atoms. The minimum absolute atomic E-state index is 0.263. The van der Waals surface area contributed by atoms with E-state index < -0.39 is 0 Å². The molecule has 0 bridgehead atoms. The Bertz CT molecular complexity index is 1130. The SMILES string of the molecule is Cc1cnc(CNC(=O)c2nc(-c3cn(C(C)C)cn3)n3ccccc23)cn1. The molecule has 0 aliphatic carbocycles. The number of rotatable bonds is 5. The molecular weight excluding hydrogens is 354 g/mol. The van der Waals surface area contributed by atoms with Crippen molar-refractivity contribution in [1.29, 1.82) is 0 Å². The van der Waals surface area contributed by atoms with Crippen LogP contribution in [-0.4, -0.2) is 34.8 Å². The summed E-state index contributed by atoms with van der Waals surface area (Å²) < 4.78 is 3.89. The Balaban J connectivity index is 1.65. The van der Waals surface area contributed by atoms with E-state index in [1.54, 1.807) is 18.7 Å². The van der Waals surface area contributed by atoms with E-state index in [1.165, 1.54) is 0 Å². The summed E-state index contributed by atoms with van der Waals surface area (Å²) in [5.74, 6) is 0.371. The minimum atomic E-state index is -0.263. The number of fused-ring (bicyclic) bond motifs is 1. The van der Waals surface area contributed by atoms with Gasteiger partial charge in [0, 0.05) is 24.6 Å². The van der Waals surface area contributed by atoms with E-state index in [2.05, 4.69) is 39.1 Å². The van der Waals surface area contributed by atoms with E-state index in [4.69, 9.17) is 0 Å². The molecule has 4 aromatic rings. The first-order valence-corrected chi connectivity index (χ1v) is 9.09. The van der Waals surface area contributed by atoms with Gasteiger partial charge in [-0.15, -0.1) is 0 Å². The highest BCUT2D eigenvalue weighted by Crippen LogP contribution is 2.22. The van der Waals surface area contributed by atoms with Crippen LogP contribution in [0.1, 0.15) is 41.8 Å². The number of aromatic nitrogens is 6. The maximum Gasteiger partial charge on any atom is 0.272 e. The lowest BCUT2D eigenvalue weighted by Gasteiger charge is -2.03. The third-order valence-corrected chi connectivity index (χ3v) is 4.45. The van der Waals surface area contributed by atoms with E-state index in [0.717, 1.165) is 16.9 Å². The van der Waals surface area contributed by atoms with Crippen molar-refractivity contribution in [3.8, 4) is 11.5 Å². The highest BCUT2D eigenvalue weighted by molar-refractivity contribution is 5.99. The largest absolute Gasteiger partial charge is 0.345 e. The van der Waals surface area contributed by atoms with Crippen LogP contribution >= 0.6 is 0 Å². The molecule has 0 saturated carbocycles. The molecule has 0 aliphatic heterocycles. The molecule has 0 fully saturated rings. The molecule has 0 radical (unpaired) electrons. The summed E-state index contributed by atoms with van der Waals surface area (Å²) in [5.41, 5.74) is 3.33. The Kier molecular flexibility index (Phi) is 4.60. The standard InChI is InChI=1S/C20H21N7O/c1-13(2)26-11-16(24-12-26)19-25-18(17-6-4-5-7-27(17)19)20(28)23-10-15-9-21-14(3)8-22-15/h4-9,11-13H,10H2,1-3H3,(H,23,28). The first kappa shape index (κ1) is 17.8. The van der Waals surface area contributed by atoms with Crippen molar-refractivity contribution in [3.05, 3.63) is 66.4 Å². The fraction of sp³-hybridized carbons (Fsp3) is 0.250. The Hall–Kier alpha value is -3.55. The lowest BCUT2D eigenvalue weighted by molar-refractivity contribution is 0.0947. The number of carbonyl (C=O) groups is 1. The van der Waals surface area contributed by atoms with Gasteiger partial charge in [-0.1, -0.05) is 6.07 Å². The lowest BCUT2D eigenvalue weighted by atomic mass is 10.3. The van der Waals surface area contributed by atoms with E-state index >= 15 is 0 Å². The van der Waals surface area contributed by atoms with Crippen LogP contribution in [-0.2, 0) is 6.54 Å². The van der Waals surface area contributed by atoms with Crippen molar-refractivity contribution in [2.75, 3.05) is 0 Å². The predicted molar refractivity (Wildman–Crippen MR) is 105 cm³/mol. The number of carbonyl (C=O) groups excluding carboxylic acids is 1. The minimum Gasteiger partial charge on any atom is -0.345 e. The van der Waals surface area contributed by atoms with Gasteiger partial charge in [0.1, 0.15) is 5.69 Å². The van der Waals surface area contributed by atoms with Crippen molar-refractivity contribution in [2.24, 2.45) is 0 Å². The zero-order valence-corrected chi connectivity index (χ0v) is 16.0. The van der Waals surface area contributed by atoms with Crippen molar-refractivity contribution in [3.63, 3.8) is 0 Å². The van der Waals surface area contributed by atoms with Crippen LogP contribution in [0.2, 0.25) is 0 Å². The summed E-state index contributed by atoms with van der Waals surface area (Å²) in [6.45, 7) is 6.33. The molecule has 4 heterocycles. The molecule has 0 unspecified atom stereocenters. The van der Waals surface area contributed by atoms with Gasteiger partial charge >= 0.3 is 0 Å². The molecule has 0 saturated heterocycles. The number of hydrogen-bond acceptors (Lipinski definition) is 5. The molecule has 0 atom stereocenters. The number of amides is 1. The van der Waals surface area contributed by atoms with Crippen LogP contribution in [0.4, 0.5) is 0 Å². The second kappa shape index (κ2) is 7.22. The normalized spacial score (nSPS) is 11.3. The number of pyridine rings is 1. The summed E-state index contributed by atoms with van der Waals surface area (Å²) >= 11 is 0. The van der Waals surface area contributed by atoms with Gasteiger partial charge in [0.05, 0.1) is 36.0 Å². The van der Waals surface area contributed by atoms with Gasteiger partial charge in [-0.25, -0.2) is 9.97 Å². The first-order chi connectivity index (χ1) is 13.5. The number of nitrogens with one attached hydrogen (secondary N) is 1. The van der Waals surface area contributed by atoms with Crippen LogP contribution < -0.4 is 5.32 Å². The van der Waals surface area contributed by atoms with Gasteiger partial charge < -0.3 is 9.88 Å². The van der Waals surface area contributed by atoms with Crippen LogP contribution in [0.15, 0.2) is 49.3 Å². The van der Waals surface area contributed by atoms with Crippen molar-refractivity contribution in [1.82, 2.24) is 34.2 Å². The zero-order chi connectivity index (χ0) is 19.7. The van der Waals surface area contributed by atoms with Crippen LogP contribution in [0, 0.1) is 6.92 Å². The smallest absolute Gasteiger partial charge is 0.272 e. The molecule has 1 amide bonds. The maximum absolute atomic E-state index is 12.8. The molecule has 142 valence electrons. The first-order valence-electron chi connectivity index (χ1n) is 9.09. The number of hydrogen-bond donors (Lipinski definition) is 1. The van der Waals surface area contributed by atoms with E-state index in [9.17, 15) is 4.79 Å². The monoisotopic (exact) mass is 375 g/mol. The van der Waals surface area contributed by atoms with Gasteiger partial charge in [0.2, 0.25) is 0 Å². The predicted octanol–water partition coefficient (Wildman–Crippen LogP) is 2.81. The second-order valence-electron chi connectivity index (χ2n) is 6.87. The quantitative estimate of drug-likeness (QED) is 0.579. The summed E-state index contributed by atoms with van der Waals surface area (Å²) in [7, 11) is 0. The van der Waals surface area contributed by atoms with E-state index in [1.807, 2.05) is 46.5 Å². The van der Waals surface area contributed by atoms with E-state index in [-0.39, 0.29) is 12.5 Å². The molecular formula is C20H21N7O. The Morgan fingerprint density at radius 3 is 2.75 bits per heavy atom. The van der Waals surface area contributed by atoms with Crippen LogP contribution in [0.5, 0.6) is 0 Å². The van der Waals surface area contributed by atoms with Crippen molar-refractivity contribution in [2.45, 2.75) is 33.4 Å². The van der Waals surface area contributed by atoms with Crippen LogP contribution in [0.25, 0.3) is 17.0 Å². The highest BCUT2D eigenvalue weighted by Gasteiger charge is 2.19.